The first-order chi connectivity index (χ1) is 9.83. The summed E-state index contributed by atoms with van der Waals surface area (Å²) in [7, 11) is 0. The zero-order valence-electron chi connectivity index (χ0n) is 11.2. The Balaban J connectivity index is 1.66. The van der Waals surface area contributed by atoms with Gasteiger partial charge in [0.25, 0.3) is 0 Å². The number of benzene rings is 1. The Morgan fingerprint density at radius 2 is 1.90 bits per heavy atom. The number of carbonyl (C=O) groups excluding carboxylic acids is 1. The molecule has 5 nitrogen and oxygen atoms in total. The predicted molar refractivity (Wildman–Crippen MR) is 76.4 cm³/mol. The van der Waals surface area contributed by atoms with E-state index in [9.17, 15) is 4.79 Å². The monoisotopic (exact) mass is 271 g/mol. The van der Waals surface area contributed by atoms with Gasteiger partial charge in [0, 0.05) is 24.7 Å². The molecule has 1 aromatic carbocycles. The SMILES string of the molecule is O=C(Nc1cc(-c2ccccc2)on1)N1CCCCC1. The number of urea groups is 1. The van der Waals surface area contributed by atoms with E-state index in [-0.39, 0.29) is 6.03 Å². The lowest BCUT2D eigenvalue weighted by Gasteiger charge is -2.26. The third-order valence-corrected chi connectivity index (χ3v) is 3.45. The third kappa shape index (κ3) is 2.82. The summed E-state index contributed by atoms with van der Waals surface area (Å²) in [6.07, 6.45) is 3.34. The van der Waals surface area contributed by atoms with Crippen LogP contribution in [-0.2, 0) is 0 Å². The van der Waals surface area contributed by atoms with Crippen molar-refractivity contribution in [3.05, 3.63) is 36.4 Å². The van der Waals surface area contributed by atoms with Crippen molar-refractivity contribution in [1.82, 2.24) is 10.1 Å². The molecule has 2 amide bonds. The summed E-state index contributed by atoms with van der Waals surface area (Å²) in [6, 6.07) is 11.3. The summed E-state index contributed by atoms with van der Waals surface area (Å²) in [5, 5.41) is 6.68. The number of hydrogen-bond donors (Lipinski definition) is 1. The van der Waals surface area contributed by atoms with E-state index in [0.717, 1.165) is 31.5 Å². The molecule has 1 N–H and O–H groups in total. The zero-order valence-corrected chi connectivity index (χ0v) is 11.2. The second-order valence-electron chi connectivity index (χ2n) is 4.92. The molecular formula is C15H17N3O2. The standard InChI is InChI=1S/C15H17N3O2/c19-15(18-9-5-2-6-10-18)16-14-11-13(20-17-14)12-7-3-1-4-8-12/h1,3-4,7-8,11H,2,5-6,9-10H2,(H,16,17,19). The lowest BCUT2D eigenvalue weighted by molar-refractivity contribution is 0.200. The van der Waals surface area contributed by atoms with Crippen molar-refractivity contribution in [1.29, 1.82) is 0 Å². The van der Waals surface area contributed by atoms with E-state index < -0.39 is 0 Å². The van der Waals surface area contributed by atoms with Gasteiger partial charge in [-0.25, -0.2) is 4.79 Å². The molecular weight excluding hydrogens is 254 g/mol. The molecule has 5 heteroatoms. The minimum Gasteiger partial charge on any atom is -0.354 e. The van der Waals surface area contributed by atoms with Crippen LogP contribution in [0.1, 0.15) is 19.3 Å². The van der Waals surface area contributed by atoms with Crippen LogP contribution in [-0.4, -0.2) is 29.2 Å². The molecule has 0 bridgehead atoms. The van der Waals surface area contributed by atoms with E-state index in [1.165, 1.54) is 6.42 Å². The van der Waals surface area contributed by atoms with Gasteiger partial charge in [-0.2, -0.15) is 0 Å². The molecule has 0 aliphatic carbocycles. The highest BCUT2D eigenvalue weighted by molar-refractivity contribution is 5.88. The van der Waals surface area contributed by atoms with Gasteiger partial charge in [0.15, 0.2) is 11.6 Å². The molecule has 1 aliphatic heterocycles. The van der Waals surface area contributed by atoms with Crippen LogP contribution >= 0.6 is 0 Å². The van der Waals surface area contributed by atoms with Crippen molar-refractivity contribution < 1.29 is 9.32 Å². The largest absolute Gasteiger partial charge is 0.354 e. The molecule has 1 saturated heterocycles. The van der Waals surface area contributed by atoms with Gasteiger partial charge in [-0.3, -0.25) is 5.32 Å². The Bertz CT molecular complexity index is 574. The fourth-order valence-corrected chi connectivity index (χ4v) is 2.36. The molecule has 2 aromatic rings. The number of amides is 2. The molecule has 3 rings (SSSR count). The number of hydrogen-bond acceptors (Lipinski definition) is 3. The number of nitrogens with zero attached hydrogens (tertiary/aromatic N) is 2. The number of carbonyl (C=O) groups is 1. The number of anilines is 1. The van der Waals surface area contributed by atoms with Crippen LogP contribution in [0.4, 0.5) is 10.6 Å². The van der Waals surface area contributed by atoms with Crippen LogP contribution in [0.15, 0.2) is 40.9 Å². The van der Waals surface area contributed by atoms with Crippen molar-refractivity contribution in [2.75, 3.05) is 18.4 Å². The van der Waals surface area contributed by atoms with Gasteiger partial charge >= 0.3 is 6.03 Å². The van der Waals surface area contributed by atoms with Gasteiger partial charge < -0.3 is 9.42 Å². The summed E-state index contributed by atoms with van der Waals surface area (Å²) in [5.41, 5.74) is 0.943. The number of rotatable bonds is 2. The minimum absolute atomic E-state index is 0.0994. The summed E-state index contributed by atoms with van der Waals surface area (Å²) < 4.78 is 5.26. The normalized spacial score (nSPS) is 15.1. The summed E-state index contributed by atoms with van der Waals surface area (Å²) in [4.78, 5) is 13.9. The highest BCUT2D eigenvalue weighted by Crippen LogP contribution is 2.22. The summed E-state index contributed by atoms with van der Waals surface area (Å²) >= 11 is 0. The molecule has 0 radical (unpaired) electrons. The van der Waals surface area contributed by atoms with E-state index in [0.29, 0.717) is 11.6 Å². The molecule has 0 atom stereocenters. The molecule has 0 saturated carbocycles. The lowest BCUT2D eigenvalue weighted by atomic mass is 10.1. The Hall–Kier alpha value is -2.30. The maximum atomic E-state index is 12.0. The predicted octanol–water partition coefficient (Wildman–Crippen LogP) is 3.36. The van der Waals surface area contributed by atoms with Gasteiger partial charge in [-0.1, -0.05) is 35.5 Å². The van der Waals surface area contributed by atoms with Gasteiger partial charge in [0.2, 0.25) is 0 Å². The van der Waals surface area contributed by atoms with E-state index in [4.69, 9.17) is 4.52 Å². The molecule has 104 valence electrons. The smallest absolute Gasteiger partial charge is 0.323 e. The molecule has 1 fully saturated rings. The van der Waals surface area contributed by atoms with Gasteiger partial charge in [-0.05, 0) is 19.3 Å². The first-order valence-electron chi connectivity index (χ1n) is 6.91. The first kappa shape index (κ1) is 12.7. The Morgan fingerprint density at radius 3 is 2.65 bits per heavy atom. The highest BCUT2D eigenvalue weighted by atomic mass is 16.5. The van der Waals surface area contributed by atoms with Crippen LogP contribution in [0.2, 0.25) is 0 Å². The van der Waals surface area contributed by atoms with Crippen LogP contribution in [0.3, 0.4) is 0 Å². The molecule has 2 heterocycles. The van der Waals surface area contributed by atoms with Gasteiger partial charge in [0.05, 0.1) is 0 Å². The third-order valence-electron chi connectivity index (χ3n) is 3.45. The fourth-order valence-electron chi connectivity index (χ4n) is 2.36. The molecule has 1 aliphatic rings. The molecule has 0 unspecified atom stereocenters. The Morgan fingerprint density at radius 1 is 1.15 bits per heavy atom. The maximum Gasteiger partial charge on any atom is 0.323 e. The van der Waals surface area contributed by atoms with Crippen molar-refractivity contribution in [2.45, 2.75) is 19.3 Å². The van der Waals surface area contributed by atoms with Crippen LogP contribution in [0.25, 0.3) is 11.3 Å². The highest BCUT2D eigenvalue weighted by Gasteiger charge is 2.17. The number of nitrogens with one attached hydrogen (secondary N) is 1. The average Bonchev–Trinajstić information content (AvgIpc) is 2.97. The van der Waals surface area contributed by atoms with Crippen molar-refractivity contribution >= 4 is 11.8 Å². The first-order valence-corrected chi connectivity index (χ1v) is 6.91. The topological polar surface area (TPSA) is 58.4 Å². The van der Waals surface area contributed by atoms with Crippen LogP contribution in [0.5, 0.6) is 0 Å². The molecule has 1 aromatic heterocycles. The van der Waals surface area contributed by atoms with Crippen molar-refractivity contribution in [3.8, 4) is 11.3 Å². The summed E-state index contributed by atoms with van der Waals surface area (Å²) in [5.74, 6) is 1.11. The number of aromatic nitrogens is 1. The molecule has 20 heavy (non-hydrogen) atoms. The quantitative estimate of drug-likeness (QED) is 0.911. The second kappa shape index (κ2) is 5.77. The minimum atomic E-state index is -0.0994. The average molecular weight is 271 g/mol. The number of piperidine rings is 1. The van der Waals surface area contributed by atoms with Crippen LogP contribution in [0, 0.1) is 0 Å². The molecule has 0 spiro atoms. The second-order valence-corrected chi connectivity index (χ2v) is 4.92. The van der Waals surface area contributed by atoms with E-state index in [1.54, 1.807) is 6.07 Å². The van der Waals surface area contributed by atoms with E-state index in [1.807, 2.05) is 35.2 Å². The summed E-state index contributed by atoms with van der Waals surface area (Å²) in [6.45, 7) is 1.63. The van der Waals surface area contributed by atoms with Gasteiger partial charge in [-0.15, -0.1) is 0 Å². The van der Waals surface area contributed by atoms with Crippen molar-refractivity contribution in [3.63, 3.8) is 0 Å². The Labute approximate surface area is 117 Å². The zero-order chi connectivity index (χ0) is 13.8. The van der Waals surface area contributed by atoms with Gasteiger partial charge in [0.1, 0.15) is 0 Å². The van der Waals surface area contributed by atoms with Crippen molar-refractivity contribution in [2.24, 2.45) is 0 Å². The lowest BCUT2D eigenvalue weighted by Crippen LogP contribution is -2.38. The van der Waals surface area contributed by atoms with Crippen LogP contribution < -0.4 is 5.32 Å². The van der Waals surface area contributed by atoms with E-state index >= 15 is 0 Å². The number of likely N-dealkylation sites (tertiary alicyclic amines) is 1. The van der Waals surface area contributed by atoms with E-state index in [2.05, 4.69) is 10.5 Å². The fraction of sp³-hybridized carbons (Fsp3) is 0.333. The Kier molecular flexibility index (Phi) is 3.67. The maximum absolute atomic E-state index is 12.0.